The molecule has 0 bridgehead atoms. The van der Waals surface area contributed by atoms with Crippen molar-refractivity contribution in [3.8, 4) is 17.0 Å². The number of fused-ring (bicyclic) bond motifs is 2. The summed E-state index contributed by atoms with van der Waals surface area (Å²) in [5, 5.41) is 0. The molecule has 1 aliphatic heterocycles. The van der Waals surface area contributed by atoms with Crippen LogP contribution in [0.1, 0.15) is 16.1 Å². The number of nitrogens with zero attached hydrogens (tertiary/aromatic N) is 5. The second-order valence-corrected chi connectivity index (χ2v) is 9.24. The largest absolute Gasteiger partial charge is 0.491 e. The molecule has 3 aromatic heterocycles. The Morgan fingerprint density at radius 3 is 2.44 bits per heavy atom. The van der Waals surface area contributed by atoms with Crippen molar-refractivity contribution in [2.24, 2.45) is 24.8 Å². The van der Waals surface area contributed by atoms with Crippen LogP contribution < -0.4 is 4.74 Å². The highest BCUT2D eigenvalue weighted by Crippen LogP contribution is 2.52. The lowest BCUT2D eigenvalue weighted by molar-refractivity contribution is -0.142. The Labute approximate surface area is 204 Å². The van der Waals surface area contributed by atoms with Crippen LogP contribution in [0.25, 0.3) is 22.4 Å². The van der Waals surface area contributed by atoms with E-state index in [9.17, 15) is 18.0 Å². The second-order valence-electron chi connectivity index (χ2n) is 9.24. The normalized spacial score (nSPS) is 21.0. The van der Waals surface area contributed by atoms with Gasteiger partial charge in [0, 0.05) is 44.6 Å². The SMILES string of the molecule is Cn1c(-c2ccccc2)c(C(=O)N2C[C@@H]3C(COc4cccnc4C(F)(F)F)[C@@H]3C2)c2nccnc21. The molecule has 1 aliphatic carbocycles. The first-order valence-corrected chi connectivity index (χ1v) is 11.6. The molecule has 4 heterocycles. The molecule has 7 nitrogen and oxygen atoms in total. The Hall–Kier alpha value is -3.95. The van der Waals surface area contributed by atoms with E-state index in [1.807, 2.05) is 46.8 Å². The first kappa shape index (κ1) is 22.5. The average Bonchev–Trinajstić information content (AvgIpc) is 3.20. The van der Waals surface area contributed by atoms with Gasteiger partial charge in [-0.25, -0.2) is 9.97 Å². The van der Waals surface area contributed by atoms with Crippen molar-refractivity contribution >= 4 is 17.1 Å². The summed E-state index contributed by atoms with van der Waals surface area (Å²) in [6.07, 6.45) is -0.284. The fourth-order valence-electron chi connectivity index (χ4n) is 5.40. The predicted octanol–water partition coefficient (Wildman–Crippen LogP) is 4.45. The molecule has 2 fully saturated rings. The van der Waals surface area contributed by atoms with E-state index in [1.165, 1.54) is 12.1 Å². The van der Waals surface area contributed by atoms with Crippen molar-refractivity contribution in [1.29, 1.82) is 0 Å². The lowest BCUT2D eigenvalue weighted by Gasteiger charge is -2.21. The molecule has 184 valence electrons. The third-order valence-corrected chi connectivity index (χ3v) is 7.20. The number of rotatable bonds is 5. The number of benzene rings is 1. The van der Waals surface area contributed by atoms with Crippen LogP contribution in [-0.2, 0) is 13.2 Å². The third-order valence-electron chi connectivity index (χ3n) is 7.20. The summed E-state index contributed by atoms with van der Waals surface area (Å²) < 4.78 is 47.0. The lowest BCUT2D eigenvalue weighted by Crippen LogP contribution is -2.32. The van der Waals surface area contributed by atoms with E-state index in [4.69, 9.17) is 4.74 Å². The topological polar surface area (TPSA) is 73.1 Å². The van der Waals surface area contributed by atoms with Gasteiger partial charge in [-0.05, 0) is 29.5 Å². The number of amides is 1. The van der Waals surface area contributed by atoms with Crippen LogP contribution in [0.4, 0.5) is 13.2 Å². The Bertz CT molecular complexity index is 1440. The Morgan fingerprint density at radius 1 is 1.00 bits per heavy atom. The van der Waals surface area contributed by atoms with E-state index >= 15 is 0 Å². The summed E-state index contributed by atoms with van der Waals surface area (Å²) in [4.78, 5) is 27.9. The highest BCUT2D eigenvalue weighted by Gasteiger charge is 2.57. The molecule has 1 saturated carbocycles. The van der Waals surface area contributed by atoms with E-state index in [-0.39, 0.29) is 36.0 Å². The molecule has 2 aliphatic rings. The minimum atomic E-state index is -4.57. The van der Waals surface area contributed by atoms with Crippen LogP contribution in [0.2, 0.25) is 0 Å². The number of halogens is 3. The zero-order valence-electron chi connectivity index (χ0n) is 19.3. The summed E-state index contributed by atoms with van der Waals surface area (Å²) in [6, 6.07) is 12.4. The Kier molecular flexibility index (Phi) is 5.20. The summed E-state index contributed by atoms with van der Waals surface area (Å²) in [7, 11) is 1.87. The quantitative estimate of drug-likeness (QED) is 0.411. The maximum atomic E-state index is 13.8. The molecule has 1 unspecified atom stereocenters. The van der Waals surface area contributed by atoms with Crippen LogP contribution in [0.5, 0.6) is 5.75 Å². The van der Waals surface area contributed by atoms with Crippen LogP contribution in [0, 0.1) is 17.8 Å². The fraction of sp³-hybridized carbons (Fsp3) is 0.308. The number of likely N-dealkylation sites (tertiary alicyclic amines) is 1. The summed E-state index contributed by atoms with van der Waals surface area (Å²) in [6.45, 7) is 1.23. The van der Waals surface area contributed by atoms with Crippen molar-refractivity contribution < 1.29 is 22.7 Å². The Morgan fingerprint density at radius 2 is 1.72 bits per heavy atom. The molecule has 36 heavy (non-hydrogen) atoms. The Balaban J connectivity index is 1.20. The summed E-state index contributed by atoms with van der Waals surface area (Å²) in [5.74, 6) is 0.127. The van der Waals surface area contributed by atoms with Gasteiger partial charge < -0.3 is 14.2 Å². The number of aromatic nitrogens is 4. The van der Waals surface area contributed by atoms with Crippen LogP contribution in [-0.4, -0.2) is 50.0 Å². The monoisotopic (exact) mass is 493 g/mol. The highest BCUT2D eigenvalue weighted by atomic mass is 19.4. The van der Waals surface area contributed by atoms with Gasteiger partial charge in [0.05, 0.1) is 17.9 Å². The summed E-state index contributed by atoms with van der Waals surface area (Å²) >= 11 is 0. The first-order chi connectivity index (χ1) is 17.3. The third kappa shape index (κ3) is 3.68. The molecule has 3 atom stereocenters. The molecule has 1 saturated heterocycles. The van der Waals surface area contributed by atoms with Gasteiger partial charge in [0.25, 0.3) is 5.91 Å². The summed E-state index contributed by atoms with van der Waals surface area (Å²) in [5.41, 5.74) is 2.35. The predicted molar refractivity (Wildman–Crippen MR) is 125 cm³/mol. The lowest BCUT2D eigenvalue weighted by atomic mass is 10.1. The number of pyridine rings is 1. The maximum absolute atomic E-state index is 13.8. The molecule has 0 N–H and O–H groups in total. The second kappa shape index (κ2) is 8.32. The average molecular weight is 493 g/mol. The van der Waals surface area contributed by atoms with E-state index in [0.717, 1.165) is 17.5 Å². The van der Waals surface area contributed by atoms with Crippen molar-refractivity contribution in [2.45, 2.75) is 6.18 Å². The standard InChI is InChI=1S/C26H22F3N5O2/c1-33-22(15-6-3-2-4-7-15)20(21-24(33)32-11-10-30-21)25(35)34-12-16-17(13-34)18(16)14-36-19-8-5-9-31-23(19)26(27,28)29/h2-11,16-18H,12-14H2,1H3/t16-,17+,18?. The zero-order chi connectivity index (χ0) is 25.0. The minimum absolute atomic E-state index is 0.108. The van der Waals surface area contributed by atoms with Gasteiger partial charge in [-0.3, -0.25) is 9.78 Å². The van der Waals surface area contributed by atoms with Crippen molar-refractivity contribution in [3.05, 3.63) is 72.3 Å². The van der Waals surface area contributed by atoms with Crippen molar-refractivity contribution in [2.75, 3.05) is 19.7 Å². The van der Waals surface area contributed by atoms with Gasteiger partial charge in [-0.15, -0.1) is 0 Å². The van der Waals surface area contributed by atoms with Crippen molar-refractivity contribution in [1.82, 2.24) is 24.4 Å². The molecular formula is C26H22F3N5O2. The first-order valence-electron chi connectivity index (χ1n) is 11.6. The molecular weight excluding hydrogens is 471 g/mol. The van der Waals surface area contributed by atoms with Crippen LogP contribution >= 0.6 is 0 Å². The molecule has 1 aromatic carbocycles. The van der Waals surface area contributed by atoms with E-state index in [0.29, 0.717) is 29.8 Å². The molecule has 1 amide bonds. The molecule has 10 heteroatoms. The molecule has 0 spiro atoms. The van der Waals surface area contributed by atoms with Gasteiger partial charge in [0.2, 0.25) is 0 Å². The van der Waals surface area contributed by atoms with Gasteiger partial charge in [-0.1, -0.05) is 30.3 Å². The van der Waals surface area contributed by atoms with Crippen LogP contribution in [0.15, 0.2) is 61.1 Å². The number of carbonyl (C=O) groups excluding carboxylic acids is 1. The van der Waals surface area contributed by atoms with Gasteiger partial charge in [-0.2, -0.15) is 13.2 Å². The highest BCUT2D eigenvalue weighted by molar-refractivity contribution is 6.10. The van der Waals surface area contributed by atoms with E-state index in [2.05, 4.69) is 15.0 Å². The molecule has 4 aromatic rings. The number of piperidine rings is 1. The number of hydrogen-bond acceptors (Lipinski definition) is 5. The van der Waals surface area contributed by atoms with E-state index < -0.39 is 11.9 Å². The van der Waals surface area contributed by atoms with Gasteiger partial charge in [0.1, 0.15) is 11.3 Å². The molecule has 6 rings (SSSR count). The van der Waals surface area contributed by atoms with Gasteiger partial charge in [0.15, 0.2) is 11.3 Å². The molecule has 0 radical (unpaired) electrons. The minimum Gasteiger partial charge on any atom is -0.491 e. The smallest absolute Gasteiger partial charge is 0.437 e. The van der Waals surface area contributed by atoms with E-state index in [1.54, 1.807) is 12.4 Å². The maximum Gasteiger partial charge on any atom is 0.437 e. The number of aryl methyl sites for hydroxylation is 1. The number of carbonyl (C=O) groups is 1. The number of ether oxygens (including phenoxy) is 1. The number of alkyl halides is 3. The number of hydrogen-bond donors (Lipinski definition) is 0. The van der Waals surface area contributed by atoms with Crippen molar-refractivity contribution in [3.63, 3.8) is 0 Å². The fourth-order valence-corrected chi connectivity index (χ4v) is 5.40. The van der Waals surface area contributed by atoms with Crippen LogP contribution in [0.3, 0.4) is 0 Å². The zero-order valence-corrected chi connectivity index (χ0v) is 19.3. The van der Waals surface area contributed by atoms with Gasteiger partial charge >= 0.3 is 6.18 Å².